The van der Waals surface area contributed by atoms with E-state index in [1.165, 1.54) is 0 Å². The van der Waals surface area contributed by atoms with Gasteiger partial charge >= 0.3 is 0 Å². The lowest BCUT2D eigenvalue weighted by molar-refractivity contribution is -0.119. The highest BCUT2D eigenvalue weighted by Gasteiger charge is 2.23. The molecule has 98 valence electrons. The summed E-state index contributed by atoms with van der Waals surface area (Å²) in [4.78, 5) is 26.6. The molecule has 0 saturated heterocycles. The summed E-state index contributed by atoms with van der Waals surface area (Å²) in [7, 11) is 0. The van der Waals surface area contributed by atoms with E-state index in [1.807, 2.05) is 18.2 Å². The number of Topliss-reactive ketones (excluding diaryl/α,β-unsaturated/α-hetero) is 1. The highest BCUT2D eigenvalue weighted by molar-refractivity contribution is 6.42. The van der Waals surface area contributed by atoms with Crippen molar-refractivity contribution < 1.29 is 14.3 Å². The minimum Gasteiger partial charge on any atom is -0.491 e. The fourth-order valence-electron chi connectivity index (χ4n) is 1.70. The number of benzene rings is 1. The molecule has 0 fully saturated rings. The van der Waals surface area contributed by atoms with Gasteiger partial charge in [0, 0.05) is 12.6 Å². The first-order chi connectivity index (χ1) is 9.31. The number of hydrogen-bond acceptors (Lipinski definition) is 4. The van der Waals surface area contributed by atoms with E-state index in [0.717, 1.165) is 0 Å². The SMILES string of the molecule is O=CN[C@@H](COc1ccccc1)C(=O)C1=NC=CC1. The first kappa shape index (κ1) is 13.0. The molecule has 0 saturated carbocycles. The van der Waals surface area contributed by atoms with Crippen LogP contribution < -0.4 is 10.1 Å². The van der Waals surface area contributed by atoms with Crippen molar-refractivity contribution in [1.82, 2.24) is 5.32 Å². The minimum atomic E-state index is -0.712. The Bertz CT molecular complexity index is 509. The maximum absolute atomic E-state index is 12.1. The Balaban J connectivity index is 1.96. The molecule has 1 N–H and O–H groups in total. The number of allylic oxidation sites excluding steroid dienone is 1. The summed E-state index contributed by atoms with van der Waals surface area (Å²) < 4.78 is 5.48. The standard InChI is InChI=1S/C14H14N2O3/c17-10-16-13(14(18)12-7-4-8-15-12)9-19-11-5-2-1-3-6-11/h1-6,8,10,13H,7,9H2,(H,16,17)/t13-/m0/s1. The summed E-state index contributed by atoms with van der Waals surface area (Å²) in [5.41, 5.74) is 0.441. The van der Waals surface area contributed by atoms with E-state index in [2.05, 4.69) is 10.3 Å². The monoisotopic (exact) mass is 258 g/mol. The Morgan fingerprint density at radius 3 is 2.84 bits per heavy atom. The number of amides is 1. The molecule has 0 bridgehead atoms. The summed E-state index contributed by atoms with van der Waals surface area (Å²) >= 11 is 0. The number of nitrogens with zero attached hydrogens (tertiary/aromatic N) is 1. The average Bonchev–Trinajstić information content (AvgIpc) is 2.98. The summed E-state index contributed by atoms with van der Waals surface area (Å²) in [6, 6.07) is 8.41. The molecule has 0 aliphatic carbocycles. The predicted octanol–water partition coefficient (Wildman–Crippen LogP) is 1.11. The molecule has 1 aliphatic heterocycles. The number of nitrogens with one attached hydrogen (secondary N) is 1. The number of ether oxygens (including phenoxy) is 1. The molecule has 1 aromatic carbocycles. The maximum atomic E-state index is 12.1. The molecule has 1 amide bonds. The highest BCUT2D eigenvalue weighted by atomic mass is 16.5. The van der Waals surface area contributed by atoms with Crippen molar-refractivity contribution in [3.05, 3.63) is 42.6 Å². The van der Waals surface area contributed by atoms with Gasteiger partial charge in [0.1, 0.15) is 18.4 Å². The van der Waals surface area contributed by atoms with E-state index >= 15 is 0 Å². The lowest BCUT2D eigenvalue weighted by atomic mass is 10.1. The van der Waals surface area contributed by atoms with Gasteiger partial charge in [0.2, 0.25) is 12.2 Å². The lowest BCUT2D eigenvalue weighted by Crippen LogP contribution is -2.44. The molecular formula is C14H14N2O3. The summed E-state index contributed by atoms with van der Waals surface area (Å²) in [5.74, 6) is 0.438. The van der Waals surface area contributed by atoms with Crippen molar-refractivity contribution in [2.45, 2.75) is 12.5 Å². The van der Waals surface area contributed by atoms with Crippen LogP contribution in [0.25, 0.3) is 0 Å². The molecule has 1 aliphatic rings. The second kappa shape index (κ2) is 6.49. The Labute approximate surface area is 111 Å². The topological polar surface area (TPSA) is 67.8 Å². The molecule has 0 spiro atoms. The van der Waals surface area contributed by atoms with Gasteiger partial charge in [-0.05, 0) is 12.1 Å². The second-order valence-corrected chi connectivity index (χ2v) is 3.99. The Morgan fingerprint density at radius 2 is 2.21 bits per heavy atom. The van der Waals surface area contributed by atoms with Crippen LogP contribution in [0, 0.1) is 0 Å². The molecule has 1 heterocycles. The molecular weight excluding hydrogens is 244 g/mol. The largest absolute Gasteiger partial charge is 0.491 e. The smallest absolute Gasteiger partial charge is 0.207 e. The van der Waals surface area contributed by atoms with Crippen LogP contribution in [0.5, 0.6) is 5.75 Å². The van der Waals surface area contributed by atoms with E-state index in [9.17, 15) is 9.59 Å². The molecule has 5 heteroatoms. The van der Waals surface area contributed by atoms with Crippen LogP contribution in [0.2, 0.25) is 0 Å². The Morgan fingerprint density at radius 1 is 1.42 bits per heavy atom. The number of hydrogen-bond donors (Lipinski definition) is 1. The third-order valence-corrected chi connectivity index (χ3v) is 2.68. The van der Waals surface area contributed by atoms with E-state index in [0.29, 0.717) is 24.3 Å². The zero-order chi connectivity index (χ0) is 13.5. The molecule has 0 radical (unpaired) electrons. The van der Waals surface area contributed by atoms with Crippen molar-refractivity contribution in [3.8, 4) is 5.75 Å². The zero-order valence-corrected chi connectivity index (χ0v) is 10.3. The molecule has 1 atom stereocenters. The second-order valence-electron chi connectivity index (χ2n) is 3.99. The van der Waals surface area contributed by atoms with Crippen molar-refractivity contribution in [1.29, 1.82) is 0 Å². The number of para-hydroxylation sites is 1. The van der Waals surface area contributed by atoms with E-state index in [-0.39, 0.29) is 12.4 Å². The molecule has 5 nitrogen and oxygen atoms in total. The fraction of sp³-hybridized carbons (Fsp3) is 0.214. The van der Waals surface area contributed by atoms with Crippen LogP contribution in [0.3, 0.4) is 0 Å². The first-order valence-electron chi connectivity index (χ1n) is 5.94. The average molecular weight is 258 g/mol. The summed E-state index contributed by atoms with van der Waals surface area (Å²) in [6.45, 7) is 0.0839. The van der Waals surface area contributed by atoms with Gasteiger partial charge in [0.05, 0.1) is 5.71 Å². The van der Waals surface area contributed by atoms with Gasteiger partial charge in [-0.2, -0.15) is 0 Å². The Hall–Kier alpha value is -2.43. The molecule has 1 aromatic rings. The van der Waals surface area contributed by atoms with Crippen LogP contribution in [0.15, 0.2) is 47.6 Å². The zero-order valence-electron chi connectivity index (χ0n) is 10.3. The van der Waals surface area contributed by atoms with Crippen LogP contribution in [0.1, 0.15) is 6.42 Å². The molecule has 19 heavy (non-hydrogen) atoms. The van der Waals surface area contributed by atoms with Crippen molar-refractivity contribution in [2.75, 3.05) is 6.61 Å². The molecule has 0 aromatic heterocycles. The van der Waals surface area contributed by atoms with Gasteiger partial charge in [0.25, 0.3) is 0 Å². The number of aliphatic imine (C=N–C) groups is 1. The molecule has 2 rings (SSSR count). The van der Waals surface area contributed by atoms with Gasteiger partial charge < -0.3 is 10.1 Å². The van der Waals surface area contributed by atoms with Crippen LogP contribution in [-0.4, -0.2) is 30.6 Å². The van der Waals surface area contributed by atoms with E-state index < -0.39 is 6.04 Å². The van der Waals surface area contributed by atoms with Gasteiger partial charge in [-0.3, -0.25) is 14.6 Å². The van der Waals surface area contributed by atoms with E-state index in [4.69, 9.17) is 4.74 Å². The summed E-state index contributed by atoms with van der Waals surface area (Å²) in [6.07, 6.45) is 4.38. The van der Waals surface area contributed by atoms with Crippen LogP contribution in [-0.2, 0) is 9.59 Å². The lowest BCUT2D eigenvalue weighted by Gasteiger charge is -2.15. The summed E-state index contributed by atoms with van der Waals surface area (Å²) in [5, 5.41) is 2.47. The van der Waals surface area contributed by atoms with Crippen molar-refractivity contribution in [3.63, 3.8) is 0 Å². The van der Waals surface area contributed by atoms with Gasteiger partial charge in [-0.1, -0.05) is 24.3 Å². The van der Waals surface area contributed by atoms with Crippen LogP contribution in [0.4, 0.5) is 0 Å². The number of carbonyl (C=O) groups is 2. The van der Waals surface area contributed by atoms with Gasteiger partial charge in [0.15, 0.2) is 0 Å². The van der Waals surface area contributed by atoms with Crippen LogP contribution >= 0.6 is 0 Å². The highest BCUT2D eigenvalue weighted by Crippen LogP contribution is 2.10. The third kappa shape index (κ3) is 3.51. The molecule has 0 unspecified atom stereocenters. The van der Waals surface area contributed by atoms with E-state index in [1.54, 1.807) is 24.4 Å². The number of ketones is 1. The number of rotatable bonds is 7. The fourth-order valence-corrected chi connectivity index (χ4v) is 1.70. The van der Waals surface area contributed by atoms with Gasteiger partial charge in [-0.25, -0.2) is 0 Å². The third-order valence-electron chi connectivity index (χ3n) is 2.68. The normalized spacial score (nSPS) is 14.6. The first-order valence-corrected chi connectivity index (χ1v) is 5.94. The maximum Gasteiger partial charge on any atom is 0.207 e. The Kier molecular flexibility index (Phi) is 4.44. The minimum absolute atomic E-state index is 0.0839. The van der Waals surface area contributed by atoms with Crippen molar-refractivity contribution in [2.24, 2.45) is 4.99 Å². The number of carbonyl (C=O) groups excluding carboxylic acids is 2. The predicted molar refractivity (Wildman–Crippen MR) is 71.1 cm³/mol. The van der Waals surface area contributed by atoms with Crippen molar-refractivity contribution >= 4 is 17.9 Å². The van der Waals surface area contributed by atoms with Gasteiger partial charge in [-0.15, -0.1) is 0 Å². The quantitative estimate of drug-likeness (QED) is 0.745.